The maximum atomic E-state index is 12.5. The van der Waals surface area contributed by atoms with E-state index >= 15 is 0 Å². The molecule has 36 heavy (non-hydrogen) atoms. The van der Waals surface area contributed by atoms with Crippen molar-refractivity contribution in [2.75, 3.05) is 44.7 Å². The molecule has 2 fully saturated rings. The number of benzene rings is 2. The minimum atomic E-state index is -0.504. The minimum absolute atomic E-state index is 0.0944. The van der Waals surface area contributed by atoms with E-state index in [1.807, 2.05) is 51.1 Å². The molecule has 8 heteroatoms. The molecule has 3 amide bonds. The van der Waals surface area contributed by atoms with Crippen molar-refractivity contribution in [1.82, 2.24) is 9.80 Å². The van der Waals surface area contributed by atoms with E-state index in [1.54, 1.807) is 9.80 Å². The molecule has 1 N–H and O–H groups in total. The monoisotopic (exact) mass is 493 g/mol. The van der Waals surface area contributed by atoms with Crippen LogP contribution in [0.1, 0.15) is 39.2 Å². The maximum Gasteiger partial charge on any atom is 0.410 e. The van der Waals surface area contributed by atoms with Gasteiger partial charge in [0.25, 0.3) is 0 Å². The number of hydrogen-bond donors (Lipinski definition) is 1. The molecule has 2 aromatic rings. The van der Waals surface area contributed by atoms with Gasteiger partial charge in [0.2, 0.25) is 0 Å². The molecule has 0 saturated carbocycles. The number of nitrogens with one attached hydrogen (secondary N) is 1. The molecule has 3 aliphatic heterocycles. The van der Waals surface area contributed by atoms with Gasteiger partial charge < -0.3 is 29.3 Å². The Kier molecular flexibility index (Phi) is 6.55. The molecule has 2 aromatic carbocycles. The molecule has 5 rings (SSSR count). The van der Waals surface area contributed by atoms with E-state index in [9.17, 15) is 9.59 Å². The second-order valence-electron chi connectivity index (χ2n) is 10.9. The van der Waals surface area contributed by atoms with Crippen molar-refractivity contribution in [2.24, 2.45) is 0 Å². The highest BCUT2D eigenvalue weighted by atomic mass is 16.6. The molecule has 192 valence electrons. The Hall–Kier alpha value is -3.26. The topological polar surface area (TPSA) is 80.3 Å². The van der Waals surface area contributed by atoms with Crippen molar-refractivity contribution >= 4 is 17.8 Å². The number of carbonyl (C=O) groups is 2. The number of urea groups is 1. The van der Waals surface area contributed by atoms with Crippen LogP contribution in [0.5, 0.6) is 5.75 Å². The number of fused-ring (bicyclic) bond motifs is 1. The van der Waals surface area contributed by atoms with E-state index in [0.717, 1.165) is 41.8 Å². The van der Waals surface area contributed by atoms with E-state index in [-0.39, 0.29) is 17.7 Å². The molecule has 2 saturated heterocycles. The minimum Gasteiger partial charge on any atom is -0.485 e. The Bertz CT molecular complexity index is 1120. The first-order valence-electron chi connectivity index (χ1n) is 12.7. The van der Waals surface area contributed by atoms with Crippen molar-refractivity contribution in [1.29, 1.82) is 0 Å². The van der Waals surface area contributed by atoms with Crippen LogP contribution in [0, 0.1) is 0 Å². The fourth-order valence-electron chi connectivity index (χ4n) is 5.03. The number of nitrogens with zero attached hydrogens (tertiary/aromatic N) is 2. The van der Waals surface area contributed by atoms with Crippen LogP contribution in [0.15, 0.2) is 42.5 Å². The molecule has 3 aliphatic rings. The van der Waals surface area contributed by atoms with Crippen molar-refractivity contribution < 1.29 is 23.8 Å². The summed E-state index contributed by atoms with van der Waals surface area (Å²) in [6.07, 6.45) is 2.31. The third-order valence-corrected chi connectivity index (χ3v) is 6.97. The lowest BCUT2D eigenvalue weighted by atomic mass is 9.89. The quantitative estimate of drug-likeness (QED) is 0.642. The Morgan fingerprint density at radius 2 is 1.67 bits per heavy atom. The van der Waals surface area contributed by atoms with Gasteiger partial charge in [0.15, 0.2) is 0 Å². The summed E-state index contributed by atoms with van der Waals surface area (Å²) in [6.45, 7) is 9.25. The average Bonchev–Trinajstić information content (AvgIpc) is 3.27. The van der Waals surface area contributed by atoms with Crippen LogP contribution in [-0.4, -0.2) is 72.5 Å². The van der Waals surface area contributed by atoms with Crippen LogP contribution in [0.4, 0.5) is 15.3 Å². The lowest BCUT2D eigenvalue weighted by Crippen LogP contribution is -2.44. The fraction of sp³-hybridized carbons (Fsp3) is 0.500. The largest absolute Gasteiger partial charge is 0.485 e. The zero-order valence-electron chi connectivity index (χ0n) is 21.3. The van der Waals surface area contributed by atoms with Crippen LogP contribution in [0.2, 0.25) is 0 Å². The fourth-order valence-corrected chi connectivity index (χ4v) is 5.03. The number of carbonyl (C=O) groups excluding carboxylic acids is 2. The van der Waals surface area contributed by atoms with Crippen LogP contribution < -0.4 is 10.1 Å². The third kappa shape index (κ3) is 5.43. The van der Waals surface area contributed by atoms with E-state index in [4.69, 9.17) is 14.2 Å². The first kappa shape index (κ1) is 24.4. The number of amides is 3. The number of rotatable bonds is 2. The summed E-state index contributed by atoms with van der Waals surface area (Å²) in [5.41, 5.74) is 3.30. The van der Waals surface area contributed by atoms with Gasteiger partial charge in [-0.15, -0.1) is 0 Å². The molecule has 0 bridgehead atoms. The molecule has 0 radical (unpaired) electrons. The molecular weight excluding hydrogens is 458 g/mol. The first-order chi connectivity index (χ1) is 17.2. The van der Waals surface area contributed by atoms with Crippen LogP contribution in [-0.2, 0) is 15.9 Å². The number of aryl methyl sites for hydroxylation is 1. The Morgan fingerprint density at radius 3 is 2.39 bits per heavy atom. The SMILES string of the molecule is CC(C)(C)OC(=O)N1CCC2(CCc3cc(-c4ccc(NC(=O)N5CCOCC5)cc4)ccc3O2)C1. The molecule has 0 aliphatic carbocycles. The highest BCUT2D eigenvalue weighted by molar-refractivity contribution is 5.89. The highest BCUT2D eigenvalue weighted by Gasteiger charge is 2.45. The number of hydrogen-bond acceptors (Lipinski definition) is 5. The molecule has 1 spiro atoms. The summed E-state index contributed by atoms with van der Waals surface area (Å²) >= 11 is 0. The van der Waals surface area contributed by atoms with E-state index in [2.05, 4.69) is 17.4 Å². The number of likely N-dealkylation sites (tertiary alicyclic amines) is 1. The molecular formula is C28H35N3O5. The first-order valence-corrected chi connectivity index (χ1v) is 12.7. The van der Waals surface area contributed by atoms with Gasteiger partial charge >= 0.3 is 12.1 Å². The van der Waals surface area contributed by atoms with Crippen LogP contribution in [0.25, 0.3) is 11.1 Å². The van der Waals surface area contributed by atoms with Crippen molar-refractivity contribution in [3.63, 3.8) is 0 Å². The summed E-state index contributed by atoms with van der Waals surface area (Å²) in [4.78, 5) is 28.5. The van der Waals surface area contributed by atoms with Crippen LogP contribution >= 0.6 is 0 Å². The molecule has 8 nitrogen and oxygen atoms in total. The van der Waals surface area contributed by atoms with E-state index in [1.165, 1.54) is 5.56 Å². The zero-order chi connectivity index (χ0) is 25.3. The molecule has 1 atom stereocenters. The normalized spacial score (nSPS) is 21.6. The number of ether oxygens (including phenoxy) is 3. The average molecular weight is 494 g/mol. The standard InChI is InChI=1S/C28H35N3O5/c1-27(2,3)36-26(33)31-13-12-28(19-31)11-10-22-18-21(6-9-24(22)35-28)20-4-7-23(8-5-20)29-25(32)30-14-16-34-17-15-30/h4-9,18H,10-17,19H2,1-3H3,(H,29,32). The number of morpholine rings is 1. The van der Waals surface area contributed by atoms with Gasteiger partial charge in [-0.1, -0.05) is 18.2 Å². The lowest BCUT2D eigenvalue weighted by Gasteiger charge is -2.36. The van der Waals surface area contributed by atoms with Crippen LogP contribution in [0.3, 0.4) is 0 Å². The molecule has 0 aromatic heterocycles. The Labute approximate surface area is 212 Å². The van der Waals surface area contributed by atoms with E-state index in [0.29, 0.717) is 39.4 Å². The second kappa shape index (κ2) is 9.65. The summed E-state index contributed by atoms with van der Waals surface area (Å²) in [5.74, 6) is 0.894. The smallest absolute Gasteiger partial charge is 0.410 e. The van der Waals surface area contributed by atoms with Gasteiger partial charge in [-0.2, -0.15) is 0 Å². The highest BCUT2D eigenvalue weighted by Crippen LogP contribution is 2.40. The number of anilines is 1. The predicted octanol–water partition coefficient (Wildman–Crippen LogP) is 4.92. The molecule has 1 unspecified atom stereocenters. The van der Waals surface area contributed by atoms with Gasteiger partial charge in [-0.05, 0) is 74.6 Å². The summed E-state index contributed by atoms with van der Waals surface area (Å²) < 4.78 is 17.4. The second-order valence-corrected chi connectivity index (χ2v) is 10.9. The third-order valence-electron chi connectivity index (χ3n) is 6.97. The Balaban J connectivity index is 1.22. The zero-order valence-corrected chi connectivity index (χ0v) is 21.3. The van der Waals surface area contributed by atoms with E-state index < -0.39 is 5.60 Å². The summed E-state index contributed by atoms with van der Waals surface area (Å²) in [6, 6.07) is 14.1. The Morgan fingerprint density at radius 1 is 0.944 bits per heavy atom. The summed E-state index contributed by atoms with van der Waals surface area (Å²) in [7, 11) is 0. The molecule has 3 heterocycles. The van der Waals surface area contributed by atoms with Crippen molar-refractivity contribution in [3.05, 3.63) is 48.0 Å². The van der Waals surface area contributed by atoms with Crippen molar-refractivity contribution in [2.45, 2.75) is 51.2 Å². The van der Waals surface area contributed by atoms with Gasteiger partial charge in [-0.3, -0.25) is 0 Å². The van der Waals surface area contributed by atoms with Gasteiger partial charge in [-0.25, -0.2) is 9.59 Å². The lowest BCUT2D eigenvalue weighted by molar-refractivity contribution is 0.0171. The summed E-state index contributed by atoms with van der Waals surface area (Å²) in [5, 5.41) is 2.97. The maximum absolute atomic E-state index is 12.5. The van der Waals surface area contributed by atoms with Gasteiger partial charge in [0, 0.05) is 31.7 Å². The predicted molar refractivity (Wildman–Crippen MR) is 137 cm³/mol. The van der Waals surface area contributed by atoms with Gasteiger partial charge in [0.1, 0.15) is 17.0 Å². The van der Waals surface area contributed by atoms with Crippen molar-refractivity contribution in [3.8, 4) is 16.9 Å². The van der Waals surface area contributed by atoms with Gasteiger partial charge in [0.05, 0.1) is 19.8 Å².